The van der Waals surface area contributed by atoms with Crippen LogP contribution in [0.3, 0.4) is 0 Å². The van der Waals surface area contributed by atoms with E-state index in [0.717, 1.165) is 9.37 Å². The van der Waals surface area contributed by atoms with E-state index in [1.165, 1.54) is 4.57 Å². The van der Waals surface area contributed by atoms with Gasteiger partial charge in [-0.05, 0) is 48.5 Å². The highest BCUT2D eigenvalue weighted by Crippen LogP contribution is 2.25. The van der Waals surface area contributed by atoms with Crippen molar-refractivity contribution in [3.63, 3.8) is 0 Å². The third kappa shape index (κ3) is 2.86. The Labute approximate surface area is 179 Å². The third-order valence-electron chi connectivity index (χ3n) is 5.11. The van der Waals surface area contributed by atoms with E-state index in [0.29, 0.717) is 33.5 Å². The monoisotopic (exact) mass is 459 g/mol. The number of carbonyl (C=O) groups excluding carboxylic acids is 2. The number of amides is 2. The molecule has 0 N–H and O–H groups in total. The Morgan fingerprint density at radius 3 is 2.03 bits per heavy atom. The Morgan fingerprint density at radius 1 is 0.767 bits per heavy atom. The second kappa shape index (κ2) is 7.03. The molecule has 5 rings (SSSR count). The van der Waals surface area contributed by atoms with Crippen molar-refractivity contribution in [3.05, 3.63) is 105 Å². The van der Waals surface area contributed by atoms with E-state index in [-0.39, 0.29) is 23.9 Å². The van der Waals surface area contributed by atoms with E-state index in [4.69, 9.17) is 0 Å². The predicted molar refractivity (Wildman–Crippen MR) is 116 cm³/mol. The van der Waals surface area contributed by atoms with Gasteiger partial charge in [-0.25, -0.2) is 4.98 Å². The summed E-state index contributed by atoms with van der Waals surface area (Å²) in [6, 6.07) is 21.0. The molecular formula is C23H14BrN3O3. The molecule has 146 valence electrons. The van der Waals surface area contributed by atoms with Crippen molar-refractivity contribution in [3.8, 4) is 5.69 Å². The number of fused-ring (bicyclic) bond motifs is 2. The zero-order valence-electron chi connectivity index (χ0n) is 15.6. The molecule has 0 aliphatic carbocycles. The minimum atomic E-state index is -0.389. The highest BCUT2D eigenvalue weighted by molar-refractivity contribution is 9.10. The Bertz CT molecular complexity index is 1360. The lowest BCUT2D eigenvalue weighted by atomic mass is 10.1. The maximum Gasteiger partial charge on any atom is 0.266 e. The van der Waals surface area contributed by atoms with E-state index in [1.54, 1.807) is 60.7 Å². The van der Waals surface area contributed by atoms with Gasteiger partial charge in [-0.1, -0.05) is 40.2 Å². The van der Waals surface area contributed by atoms with Gasteiger partial charge in [0.1, 0.15) is 5.82 Å². The summed E-state index contributed by atoms with van der Waals surface area (Å²) in [5.74, 6) is -0.462. The van der Waals surface area contributed by atoms with Crippen LogP contribution < -0.4 is 5.56 Å². The number of nitrogens with zero attached hydrogens (tertiary/aromatic N) is 3. The van der Waals surface area contributed by atoms with Gasteiger partial charge in [-0.15, -0.1) is 0 Å². The summed E-state index contributed by atoms with van der Waals surface area (Å²) in [5.41, 5.74) is 1.59. The van der Waals surface area contributed by atoms with Gasteiger partial charge in [0.15, 0.2) is 0 Å². The van der Waals surface area contributed by atoms with Crippen molar-refractivity contribution >= 4 is 38.6 Å². The van der Waals surface area contributed by atoms with Crippen LogP contribution in [0.5, 0.6) is 0 Å². The Balaban J connectivity index is 1.68. The molecule has 30 heavy (non-hydrogen) atoms. The minimum Gasteiger partial charge on any atom is -0.269 e. The van der Waals surface area contributed by atoms with E-state index in [1.807, 2.05) is 12.1 Å². The van der Waals surface area contributed by atoms with Gasteiger partial charge in [-0.3, -0.25) is 23.9 Å². The Kier molecular flexibility index (Phi) is 4.33. The largest absolute Gasteiger partial charge is 0.269 e. The molecule has 4 aromatic rings. The van der Waals surface area contributed by atoms with Crippen LogP contribution in [0.1, 0.15) is 26.5 Å². The number of para-hydroxylation sites is 1. The van der Waals surface area contributed by atoms with Crippen molar-refractivity contribution < 1.29 is 9.59 Å². The molecular weight excluding hydrogens is 446 g/mol. The molecule has 2 amide bonds. The minimum absolute atomic E-state index is 0.109. The lowest BCUT2D eigenvalue weighted by molar-refractivity contribution is 0.0637. The molecule has 0 saturated heterocycles. The zero-order valence-corrected chi connectivity index (χ0v) is 17.2. The van der Waals surface area contributed by atoms with Crippen LogP contribution in [0.15, 0.2) is 82.1 Å². The van der Waals surface area contributed by atoms with E-state index < -0.39 is 0 Å². The van der Waals surface area contributed by atoms with Gasteiger partial charge >= 0.3 is 0 Å². The third-order valence-corrected chi connectivity index (χ3v) is 5.64. The molecule has 1 aliphatic rings. The van der Waals surface area contributed by atoms with Crippen molar-refractivity contribution in [1.29, 1.82) is 0 Å². The molecule has 0 spiro atoms. The lowest BCUT2D eigenvalue weighted by Crippen LogP contribution is -2.33. The summed E-state index contributed by atoms with van der Waals surface area (Å²) in [7, 11) is 0. The standard InChI is InChI=1S/C23H14BrN3O3/c24-14-9-11-15(12-10-14)27-20(25-19-8-4-3-7-18(19)23(27)30)13-26-21(28)16-5-1-2-6-17(16)22(26)29/h1-12H,13H2. The van der Waals surface area contributed by atoms with Crippen molar-refractivity contribution in [2.45, 2.75) is 6.54 Å². The highest BCUT2D eigenvalue weighted by Gasteiger charge is 2.36. The maximum absolute atomic E-state index is 13.3. The number of aromatic nitrogens is 2. The van der Waals surface area contributed by atoms with Crippen molar-refractivity contribution in [2.75, 3.05) is 0 Å². The number of rotatable bonds is 3. The molecule has 0 radical (unpaired) electrons. The van der Waals surface area contributed by atoms with Crippen molar-refractivity contribution in [2.24, 2.45) is 0 Å². The molecule has 7 heteroatoms. The second-order valence-corrected chi connectivity index (χ2v) is 7.82. The molecule has 0 unspecified atom stereocenters. The fraction of sp³-hybridized carbons (Fsp3) is 0.0435. The molecule has 0 fully saturated rings. The topological polar surface area (TPSA) is 72.3 Å². The van der Waals surface area contributed by atoms with Crippen LogP contribution in [0.25, 0.3) is 16.6 Å². The molecule has 2 heterocycles. The summed E-state index contributed by atoms with van der Waals surface area (Å²) in [6.07, 6.45) is 0. The Hall–Kier alpha value is -3.58. The summed E-state index contributed by atoms with van der Waals surface area (Å²) in [4.78, 5) is 44.8. The van der Waals surface area contributed by atoms with Crippen LogP contribution in [-0.4, -0.2) is 26.3 Å². The van der Waals surface area contributed by atoms with Crippen LogP contribution in [0.4, 0.5) is 0 Å². The highest BCUT2D eigenvalue weighted by atomic mass is 79.9. The first kappa shape index (κ1) is 18.4. The fourth-order valence-electron chi connectivity index (χ4n) is 3.67. The summed E-state index contributed by atoms with van der Waals surface area (Å²) >= 11 is 3.40. The molecule has 1 aliphatic heterocycles. The van der Waals surface area contributed by atoms with Crippen LogP contribution in [0.2, 0.25) is 0 Å². The summed E-state index contributed by atoms with van der Waals surface area (Å²) < 4.78 is 2.33. The van der Waals surface area contributed by atoms with E-state index in [2.05, 4.69) is 20.9 Å². The van der Waals surface area contributed by atoms with Gasteiger partial charge in [0.25, 0.3) is 17.4 Å². The van der Waals surface area contributed by atoms with Gasteiger partial charge in [0, 0.05) is 4.47 Å². The average molecular weight is 460 g/mol. The molecule has 6 nitrogen and oxygen atoms in total. The normalized spacial score (nSPS) is 13.2. The fourth-order valence-corrected chi connectivity index (χ4v) is 3.93. The number of imide groups is 1. The van der Waals surface area contributed by atoms with Gasteiger partial charge in [0.05, 0.1) is 34.3 Å². The SMILES string of the molecule is O=C1c2ccccc2C(=O)N1Cc1nc2ccccc2c(=O)n1-c1ccc(Br)cc1. The predicted octanol–water partition coefficient (Wildman–Crippen LogP) is 3.94. The number of halogens is 1. The maximum atomic E-state index is 13.3. The quantitative estimate of drug-likeness (QED) is 0.435. The molecule has 1 aromatic heterocycles. The van der Waals surface area contributed by atoms with E-state index in [9.17, 15) is 14.4 Å². The molecule has 0 bridgehead atoms. The molecule has 0 atom stereocenters. The van der Waals surface area contributed by atoms with Crippen LogP contribution in [0, 0.1) is 0 Å². The van der Waals surface area contributed by atoms with Crippen LogP contribution >= 0.6 is 15.9 Å². The zero-order chi connectivity index (χ0) is 20.8. The van der Waals surface area contributed by atoms with Crippen LogP contribution in [-0.2, 0) is 6.54 Å². The first-order valence-electron chi connectivity index (χ1n) is 9.26. The van der Waals surface area contributed by atoms with Crippen molar-refractivity contribution in [1.82, 2.24) is 14.5 Å². The molecule has 3 aromatic carbocycles. The summed E-state index contributed by atoms with van der Waals surface area (Å²) in [5, 5.41) is 0.464. The van der Waals surface area contributed by atoms with Gasteiger partial charge in [-0.2, -0.15) is 0 Å². The van der Waals surface area contributed by atoms with E-state index >= 15 is 0 Å². The first-order chi connectivity index (χ1) is 14.5. The molecule has 0 saturated carbocycles. The first-order valence-corrected chi connectivity index (χ1v) is 10.1. The van der Waals surface area contributed by atoms with Gasteiger partial charge in [0.2, 0.25) is 0 Å². The lowest BCUT2D eigenvalue weighted by Gasteiger charge is -2.18. The number of carbonyl (C=O) groups is 2. The number of benzene rings is 3. The smallest absolute Gasteiger partial charge is 0.266 e. The summed E-state index contributed by atoms with van der Waals surface area (Å²) in [6.45, 7) is -0.109. The van der Waals surface area contributed by atoms with Gasteiger partial charge < -0.3 is 0 Å². The number of hydrogen-bond donors (Lipinski definition) is 0. The average Bonchev–Trinajstić information content (AvgIpc) is 3.00. The second-order valence-electron chi connectivity index (χ2n) is 6.90. The number of hydrogen-bond acceptors (Lipinski definition) is 4. The Morgan fingerprint density at radius 2 is 1.37 bits per heavy atom.